The fourth-order valence-electron chi connectivity index (χ4n) is 3.15. The second-order valence-corrected chi connectivity index (χ2v) is 5.34. The highest BCUT2D eigenvalue weighted by molar-refractivity contribution is 5.62. The van der Waals surface area contributed by atoms with E-state index in [9.17, 15) is 5.11 Å². The van der Waals surface area contributed by atoms with Crippen LogP contribution in [0.3, 0.4) is 0 Å². The number of benzene rings is 1. The molecule has 2 rings (SSSR count). The largest absolute Gasteiger partial charge is 0.496 e. The van der Waals surface area contributed by atoms with E-state index >= 15 is 0 Å². The van der Waals surface area contributed by atoms with Gasteiger partial charge < -0.3 is 20.1 Å². The van der Waals surface area contributed by atoms with Crippen LogP contribution in [0.25, 0.3) is 0 Å². The van der Waals surface area contributed by atoms with Gasteiger partial charge in [0.25, 0.3) is 0 Å². The van der Waals surface area contributed by atoms with Crippen molar-refractivity contribution >= 4 is 5.69 Å². The van der Waals surface area contributed by atoms with E-state index in [1.54, 1.807) is 7.11 Å². The molecule has 0 saturated carbocycles. The lowest BCUT2D eigenvalue weighted by Crippen LogP contribution is -2.34. The maximum absolute atomic E-state index is 9.57. The Morgan fingerprint density at radius 3 is 2.95 bits per heavy atom. The number of hydrogen-bond acceptors (Lipinski definition) is 4. The van der Waals surface area contributed by atoms with Crippen molar-refractivity contribution in [3.8, 4) is 5.75 Å². The third kappa shape index (κ3) is 2.91. The van der Waals surface area contributed by atoms with Gasteiger partial charge in [0.05, 0.1) is 19.8 Å². The lowest BCUT2D eigenvalue weighted by molar-refractivity contribution is 0.266. The molecule has 0 spiro atoms. The maximum atomic E-state index is 9.57. The van der Waals surface area contributed by atoms with Crippen LogP contribution in [-0.2, 0) is 0 Å². The summed E-state index contributed by atoms with van der Waals surface area (Å²) in [7, 11) is 1.72. The molecule has 1 aromatic rings. The van der Waals surface area contributed by atoms with Crippen molar-refractivity contribution in [3.63, 3.8) is 0 Å². The summed E-state index contributed by atoms with van der Waals surface area (Å²) < 4.78 is 5.55. The molecule has 0 amide bonds. The van der Waals surface area contributed by atoms with Crippen molar-refractivity contribution in [2.24, 2.45) is 0 Å². The van der Waals surface area contributed by atoms with Gasteiger partial charge in [0.15, 0.2) is 0 Å². The lowest BCUT2D eigenvalue weighted by atomic mass is 10.0. The summed E-state index contributed by atoms with van der Waals surface area (Å²) in [4.78, 5) is 2.33. The first-order valence-corrected chi connectivity index (χ1v) is 7.50. The molecule has 2 atom stereocenters. The Bertz CT molecular complexity index is 436. The standard InChI is InChI=1S/C16H26N2O2/c1-4-17-12(2)16-14(8-5-9-15(16)20-3)18-10-6-7-13(18)11-19/h5,8-9,12-13,17,19H,4,6-7,10-11H2,1-3H3. The molecule has 0 radical (unpaired) electrons. The second kappa shape index (κ2) is 6.95. The van der Waals surface area contributed by atoms with Gasteiger partial charge in [-0.2, -0.15) is 0 Å². The van der Waals surface area contributed by atoms with Crippen molar-refractivity contribution in [1.82, 2.24) is 5.32 Å². The summed E-state index contributed by atoms with van der Waals surface area (Å²) in [5.74, 6) is 0.916. The van der Waals surface area contributed by atoms with Crippen LogP contribution in [-0.4, -0.2) is 38.0 Å². The summed E-state index contributed by atoms with van der Waals surface area (Å²) in [5, 5.41) is 13.0. The van der Waals surface area contributed by atoms with Gasteiger partial charge in [0.1, 0.15) is 5.75 Å². The van der Waals surface area contributed by atoms with E-state index in [4.69, 9.17) is 4.74 Å². The third-order valence-corrected chi connectivity index (χ3v) is 4.10. The van der Waals surface area contributed by atoms with Crippen LogP contribution < -0.4 is 15.0 Å². The van der Waals surface area contributed by atoms with Crippen molar-refractivity contribution in [3.05, 3.63) is 23.8 Å². The number of aliphatic hydroxyl groups is 1. The number of nitrogens with zero attached hydrogens (tertiary/aromatic N) is 1. The highest BCUT2D eigenvalue weighted by Gasteiger charge is 2.28. The maximum Gasteiger partial charge on any atom is 0.125 e. The molecule has 1 aliphatic rings. The molecule has 112 valence electrons. The van der Waals surface area contributed by atoms with Crippen molar-refractivity contribution < 1.29 is 9.84 Å². The summed E-state index contributed by atoms with van der Waals surface area (Å²) >= 11 is 0. The Labute approximate surface area is 121 Å². The molecule has 20 heavy (non-hydrogen) atoms. The number of nitrogens with one attached hydrogen (secondary N) is 1. The summed E-state index contributed by atoms with van der Waals surface area (Å²) in [6.07, 6.45) is 2.19. The van der Waals surface area contributed by atoms with Gasteiger partial charge in [-0.1, -0.05) is 13.0 Å². The second-order valence-electron chi connectivity index (χ2n) is 5.34. The topological polar surface area (TPSA) is 44.7 Å². The lowest BCUT2D eigenvalue weighted by Gasteiger charge is -2.30. The molecule has 4 heteroatoms. The van der Waals surface area contributed by atoms with E-state index in [0.717, 1.165) is 31.7 Å². The quantitative estimate of drug-likeness (QED) is 0.838. The van der Waals surface area contributed by atoms with Crippen molar-refractivity contribution in [2.45, 2.75) is 38.8 Å². The number of anilines is 1. The Hall–Kier alpha value is -1.26. The Morgan fingerprint density at radius 1 is 1.50 bits per heavy atom. The fourth-order valence-corrected chi connectivity index (χ4v) is 3.15. The first-order valence-electron chi connectivity index (χ1n) is 7.50. The molecule has 4 nitrogen and oxygen atoms in total. The molecular weight excluding hydrogens is 252 g/mol. The van der Waals surface area contributed by atoms with Crippen LogP contribution in [0.1, 0.15) is 38.3 Å². The van der Waals surface area contributed by atoms with Gasteiger partial charge in [-0.25, -0.2) is 0 Å². The molecule has 1 aliphatic heterocycles. The third-order valence-electron chi connectivity index (χ3n) is 4.10. The average molecular weight is 278 g/mol. The van der Waals surface area contributed by atoms with Gasteiger partial charge in [0.2, 0.25) is 0 Å². The number of hydrogen-bond donors (Lipinski definition) is 2. The van der Waals surface area contributed by atoms with Crippen molar-refractivity contribution in [1.29, 1.82) is 0 Å². The molecule has 1 heterocycles. The Balaban J connectivity index is 2.41. The van der Waals surface area contributed by atoms with E-state index in [0.29, 0.717) is 0 Å². The Kier molecular flexibility index (Phi) is 5.26. The van der Waals surface area contributed by atoms with Crippen LogP contribution in [0.5, 0.6) is 5.75 Å². The number of rotatable bonds is 6. The summed E-state index contributed by atoms with van der Waals surface area (Å²) in [6, 6.07) is 6.64. The van der Waals surface area contributed by atoms with Crippen LogP contribution in [0.4, 0.5) is 5.69 Å². The van der Waals surface area contributed by atoms with Gasteiger partial charge >= 0.3 is 0 Å². The van der Waals surface area contributed by atoms with Gasteiger partial charge in [-0.05, 0) is 38.4 Å². The molecular formula is C16H26N2O2. The monoisotopic (exact) mass is 278 g/mol. The smallest absolute Gasteiger partial charge is 0.125 e. The first-order chi connectivity index (χ1) is 9.72. The number of ether oxygens (including phenoxy) is 1. The minimum absolute atomic E-state index is 0.215. The SMILES string of the molecule is CCNC(C)c1c(OC)cccc1N1CCCC1CO. The molecule has 0 aliphatic carbocycles. The highest BCUT2D eigenvalue weighted by atomic mass is 16.5. The van der Waals surface area contributed by atoms with Gasteiger partial charge in [0, 0.05) is 23.8 Å². The number of aliphatic hydroxyl groups excluding tert-OH is 1. The average Bonchev–Trinajstić information content (AvgIpc) is 2.94. The molecule has 1 saturated heterocycles. The van der Waals surface area contributed by atoms with Gasteiger partial charge in [-0.3, -0.25) is 0 Å². The van der Waals surface area contributed by atoms with E-state index in [-0.39, 0.29) is 18.7 Å². The predicted octanol–water partition coefficient (Wildman–Crippen LogP) is 2.33. The molecule has 1 aromatic carbocycles. The normalized spacial score (nSPS) is 20.2. The van der Waals surface area contributed by atoms with Crippen LogP contribution in [0.2, 0.25) is 0 Å². The van der Waals surface area contributed by atoms with E-state index < -0.39 is 0 Å². The molecule has 2 N–H and O–H groups in total. The van der Waals surface area contributed by atoms with E-state index in [1.165, 1.54) is 11.3 Å². The zero-order valence-electron chi connectivity index (χ0n) is 12.7. The van der Waals surface area contributed by atoms with Crippen LogP contribution in [0, 0.1) is 0 Å². The van der Waals surface area contributed by atoms with Crippen LogP contribution >= 0.6 is 0 Å². The van der Waals surface area contributed by atoms with Gasteiger partial charge in [-0.15, -0.1) is 0 Å². The molecule has 2 unspecified atom stereocenters. The Morgan fingerprint density at radius 2 is 2.30 bits per heavy atom. The zero-order valence-corrected chi connectivity index (χ0v) is 12.7. The molecule has 0 aromatic heterocycles. The van der Waals surface area contributed by atoms with E-state index in [1.807, 2.05) is 12.1 Å². The highest BCUT2D eigenvalue weighted by Crippen LogP contribution is 2.37. The number of methoxy groups -OCH3 is 1. The molecule has 0 bridgehead atoms. The summed E-state index contributed by atoms with van der Waals surface area (Å²) in [5.41, 5.74) is 2.38. The minimum atomic E-state index is 0.215. The zero-order chi connectivity index (χ0) is 14.5. The molecule has 1 fully saturated rings. The predicted molar refractivity (Wildman–Crippen MR) is 82.5 cm³/mol. The summed E-state index contributed by atoms with van der Waals surface area (Å²) in [6.45, 7) is 6.41. The first kappa shape index (κ1) is 15.1. The fraction of sp³-hybridized carbons (Fsp3) is 0.625. The minimum Gasteiger partial charge on any atom is -0.496 e. The van der Waals surface area contributed by atoms with Crippen molar-refractivity contribution in [2.75, 3.05) is 31.7 Å². The van der Waals surface area contributed by atoms with Crippen LogP contribution in [0.15, 0.2) is 18.2 Å². The van der Waals surface area contributed by atoms with E-state index in [2.05, 4.69) is 30.1 Å².